The molecule has 5 nitrogen and oxygen atoms in total. The maximum absolute atomic E-state index is 12.1. The molecule has 1 amide bonds. The van der Waals surface area contributed by atoms with Crippen LogP contribution in [0.4, 0.5) is 0 Å². The van der Waals surface area contributed by atoms with Crippen LogP contribution < -0.4 is 0 Å². The van der Waals surface area contributed by atoms with Gasteiger partial charge in [0.15, 0.2) is 0 Å². The molecule has 1 saturated carbocycles. The third kappa shape index (κ3) is 2.06. The van der Waals surface area contributed by atoms with Crippen molar-refractivity contribution >= 4 is 5.91 Å². The molecule has 0 aromatic carbocycles. The summed E-state index contributed by atoms with van der Waals surface area (Å²) in [6, 6.07) is 2.29. The SMILES string of the molecule is N#CCN(C(=O)c1cn[nH]c1)C1CCCC1. The molecule has 0 bridgehead atoms. The first-order valence-corrected chi connectivity index (χ1v) is 5.49. The fourth-order valence-electron chi connectivity index (χ4n) is 2.19. The minimum atomic E-state index is -0.0952. The maximum Gasteiger partial charge on any atom is 0.258 e. The Balaban J connectivity index is 2.13. The first-order valence-electron chi connectivity index (χ1n) is 5.49. The normalized spacial score (nSPS) is 15.9. The lowest BCUT2D eigenvalue weighted by molar-refractivity contribution is 0.0709. The van der Waals surface area contributed by atoms with Crippen molar-refractivity contribution in [3.8, 4) is 6.07 Å². The number of nitriles is 1. The minimum Gasteiger partial charge on any atom is -0.322 e. The van der Waals surface area contributed by atoms with Crippen molar-refractivity contribution in [2.75, 3.05) is 6.54 Å². The van der Waals surface area contributed by atoms with E-state index in [-0.39, 0.29) is 18.5 Å². The topological polar surface area (TPSA) is 72.8 Å². The molecule has 84 valence electrons. The van der Waals surface area contributed by atoms with Crippen LogP contribution in [0.1, 0.15) is 36.0 Å². The molecule has 1 fully saturated rings. The van der Waals surface area contributed by atoms with Gasteiger partial charge < -0.3 is 4.90 Å². The lowest BCUT2D eigenvalue weighted by Gasteiger charge is -2.25. The highest BCUT2D eigenvalue weighted by molar-refractivity contribution is 5.94. The van der Waals surface area contributed by atoms with E-state index in [0.717, 1.165) is 25.7 Å². The van der Waals surface area contributed by atoms with Gasteiger partial charge in [0.05, 0.1) is 17.8 Å². The number of aromatic nitrogens is 2. The highest BCUT2D eigenvalue weighted by atomic mass is 16.2. The number of hydrogen-bond donors (Lipinski definition) is 1. The Morgan fingerprint density at radius 2 is 2.38 bits per heavy atom. The Bertz CT molecular complexity index is 387. The van der Waals surface area contributed by atoms with Crippen molar-refractivity contribution < 1.29 is 4.79 Å². The van der Waals surface area contributed by atoms with Crippen LogP contribution in [0.5, 0.6) is 0 Å². The molecule has 1 aromatic rings. The summed E-state index contributed by atoms with van der Waals surface area (Å²) in [5.74, 6) is -0.0952. The van der Waals surface area contributed by atoms with Crippen LogP contribution in [0.3, 0.4) is 0 Å². The summed E-state index contributed by atoms with van der Waals surface area (Å²) in [6.07, 6.45) is 7.37. The molecule has 1 aliphatic rings. The van der Waals surface area contributed by atoms with Gasteiger partial charge in [0.25, 0.3) is 5.91 Å². The average molecular weight is 218 g/mol. The molecule has 0 radical (unpaired) electrons. The lowest BCUT2D eigenvalue weighted by Crippen LogP contribution is -2.38. The molecule has 5 heteroatoms. The van der Waals surface area contributed by atoms with Gasteiger partial charge in [-0.15, -0.1) is 0 Å². The fourth-order valence-corrected chi connectivity index (χ4v) is 2.19. The average Bonchev–Trinajstić information content (AvgIpc) is 2.96. The first kappa shape index (κ1) is 10.7. The highest BCUT2D eigenvalue weighted by Gasteiger charge is 2.27. The fraction of sp³-hybridized carbons (Fsp3) is 0.545. The summed E-state index contributed by atoms with van der Waals surface area (Å²) < 4.78 is 0. The van der Waals surface area contributed by atoms with E-state index in [1.54, 1.807) is 11.1 Å². The Labute approximate surface area is 94.1 Å². The Morgan fingerprint density at radius 3 is 2.94 bits per heavy atom. The van der Waals surface area contributed by atoms with Crippen molar-refractivity contribution in [3.63, 3.8) is 0 Å². The van der Waals surface area contributed by atoms with Crippen LogP contribution >= 0.6 is 0 Å². The Kier molecular flexibility index (Phi) is 3.20. The monoisotopic (exact) mass is 218 g/mol. The zero-order chi connectivity index (χ0) is 11.4. The number of carbonyl (C=O) groups is 1. The molecular weight excluding hydrogens is 204 g/mol. The van der Waals surface area contributed by atoms with E-state index in [1.807, 2.05) is 0 Å². The van der Waals surface area contributed by atoms with E-state index in [9.17, 15) is 4.79 Å². The van der Waals surface area contributed by atoms with Crippen molar-refractivity contribution in [1.82, 2.24) is 15.1 Å². The predicted molar refractivity (Wildman–Crippen MR) is 57.5 cm³/mol. The molecule has 0 spiro atoms. The minimum absolute atomic E-state index is 0.0952. The van der Waals surface area contributed by atoms with Crippen LogP contribution in [0.2, 0.25) is 0 Å². The lowest BCUT2D eigenvalue weighted by atomic mass is 10.2. The van der Waals surface area contributed by atoms with E-state index in [4.69, 9.17) is 5.26 Å². The number of nitrogens with zero attached hydrogens (tertiary/aromatic N) is 3. The Hall–Kier alpha value is -1.83. The molecule has 0 saturated heterocycles. The molecule has 0 unspecified atom stereocenters. The van der Waals surface area contributed by atoms with Gasteiger partial charge in [-0.05, 0) is 12.8 Å². The van der Waals surface area contributed by atoms with E-state index < -0.39 is 0 Å². The molecule has 1 aromatic heterocycles. The summed E-state index contributed by atoms with van der Waals surface area (Å²) in [5.41, 5.74) is 0.530. The molecule has 1 N–H and O–H groups in total. The number of hydrogen-bond acceptors (Lipinski definition) is 3. The summed E-state index contributed by atoms with van der Waals surface area (Å²) in [4.78, 5) is 13.8. The predicted octanol–water partition coefficient (Wildman–Crippen LogP) is 1.32. The van der Waals surface area contributed by atoms with E-state index in [1.165, 1.54) is 6.20 Å². The molecule has 16 heavy (non-hydrogen) atoms. The van der Waals surface area contributed by atoms with E-state index >= 15 is 0 Å². The zero-order valence-corrected chi connectivity index (χ0v) is 9.02. The van der Waals surface area contributed by atoms with E-state index in [0.29, 0.717) is 5.56 Å². The number of aromatic amines is 1. The van der Waals surface area contributed by atoms with Crippen LogP contribution in [0.15, 0.2) is 12.4 Å². The molecule has 1 heterocycles. The van der Waals surface area contributed by atoms with Gasteiger partial charge in [0, 0.05) is 12.2 Å². The first-order chi connectivity index (χ1) is 7.83. The van der Waals surface area contributed by atoms with Crippen LogP contribution in [0.25, 0.3) is 0 Å². The number of amides is 1. The summed E-state index contributed by atoms with van der Waals surface area (Å²) >= 11 is 0. The van der Waals surface area contributed by atoms with E-state index in [2.05, 4.69) is 16.3 Å². The number of H-pyrrole nitrogens is 1. The molecular formula is C11H14N4O. The van der Waals surface area contributed by atoms with Crippen molar-refractivity contribution in [1.29, 1.82) is 5.26 Å². The number of rotatable bonds is 3. The van der Waals surface area contributed by atoms with Crippen molar-refractivity contribution in [3.05, 3.63) is 18.0 Å². The quantitative estimate of drug-likeness (QED) is 0.777. The summed E-state index contributed by atoms with van der Waals surface area (Å²) in [6.45, 7) is 0.161. The largest absolute Gasteiger partial charge is 0.322 e. The Morgan fingerprint density at radius 1 is 1.62 bits per heavy atom. The van der Waals surface area contributed by atoms with Crippen molar-refractivity contribution in [2.45, 2.75) is 31.7 Å². The second-order valence-electron chi connectivity index (χ2n) is 4.02. The van der Waals surface area contributed by atoms with Gasteiger partial charge in [-0.1, -0.05) is 12.8 Å². The standard InChI is InChI=1S/C11H14N4O/c12-5-6-15(10-3-1-2-4-10)11(16)9-7-13-14-8-9/h7-8,10H,1-4,6H2,(H,13,14). The molecule has 0 atom stereocenters. The smallest absolute Gasteiger partial charge is 0.258 e. The highest BCUT2D eigenvalue weighted by Crippen LogP contribution is 2.24. The van der Waals surface area contributed by atoms with Crippen LogP contribution in [-0.2, 0) is 0 Å². The van der Waals surface area contributed by atoms with Gasteiger partial charge in [-0.3, -0.25) is 9.89 Å². The van der Waals surface area contributed by atoms with Crippen LogP contribution in [-0.4, -0.2) is 33.6 Å². The van der Waals surface area contributed by atoms with Gasteiger partial charge in [-0.2, -0.15) is 10.4 Å². The van der Waals surface area contributed by atoms with Crippen molar-refractivity contribution in [2.24, 2.45) is 0 Å². The number of carbonyl (C=O) groups excluding carboxylic acids is 1. The maximum atomic E-state index is 12.1. The molecule has 0 aliphatic heterocycles. The second kappa shape index (κ2) is 4.79. The molecule has 1 aliphatic carbocycles. The van der Waals surface area contributed by atoms with Gasteiger partial charge >= 0.3 is 0 Å². The third-order valence-electron chi connectivity index (χ3n) is 3.01. The summed E-state index contributed by atoms with van der Waals surface area (Å²) in [5, 5.41) is 15.2. The van der Waals surface area contributed by atoms with Crippen LogP contribution in [0, 0.1) is 11.3 Å². The van der Waals surface area contributed by atoms with Gasteiger partial charge in [0.2, 0.25) is 0 Å². The zero-order valence-electron chi connectivity index (χ0n) is 9.02. The third-order valence-corrected chi connectivity index (χ3v) is 3.01. The van der Waals surface area contributed by atoms with Gasteiger partial charge in [-0.25, -0.2) is 0 Å². The second-order valence-corrected chi connectivity index (χ2v) is 4.02. The number of nitrogens with one attached hydrogen (secondary N) is 1. The molecule has 2 rings (SSSR count). The summed E-state index contributed by atoms with van der Waals surface area (Å²) in [7, 11) is 0. The van der Waals surface area contributed by atoms with Gasteiger partial charge in [0.1, 0.15) is 6.54 Å².